The van der Waals surface area contributed by atoms with E-state index < -0.39 is 18.5 Å². The molecule has 2 N–H and O–H groups in total. The third kappa shape index (κ3) is 5.96. The van der Waals surface area contributed by atoms with Crippen LogP contribution in [0.1, 0.15) is 31.7 Å². The Morgan fingerprint density at radius 3 is 2.39 bits per heavy atom. The van der Waals surface area contributed by atoms with E-state index in [4.69, 9.17) is 28.4 Å². The van der Waals surface area contributed by atoms with Gasteiger partial charge in [0.05, 0.1) is 50.3 Å². The first-order chi connectivity index (χ1) is 15.0. The molecule has 8 nitrogen and oxygen atoms in total. The van der Waals surface area contributed by atoms with Gasteiger partial charge in [-0.2, -0.15) is 0 Å². The molecule has 176 valence electrons. The van der Waals surface area contributed by atoms with Gasteiger partial charge in [-0.05, 0) is 24.1 Å². The number of fused-ring (bicyclic) bond motifs is 1. The third-order valence-electron chi connectivity index (χ3n) is 6.32. The van der Waals surface area contributed by atoms with Crippen molar-refractivity contribution >= 4 is 0 Å². The lowest BCUT2D eigenvalue weighted by molar-refractivity contribution is -0.282. The lowest BCUT2D eigenvalue weighted by Gasteiger charge is -2.50. The molecule has 2 fully saturated rings. The van der Waals surface area contributed by atoms with Crippen LogP contribution in [-0.2, 0) is 30.3 Å². The van der Waals surface area contributed by atoms with Gasteiger partial charge in [-0.3, -0.25) is 0 Å². The van der Waals surface area contributed by atoms with Crippen molar-refractivity contribution in [2.45, 2.75) is 75.7 Å². The van der Waals surface area contributed by atoms with E-state index in [1.807, 2.05) is 24.3 Å². The van der Waals surface area contributed by atoms with Crippen LogP contribution >= 0.6 is 0 Å². The standard InChI is InChI=1S/C23H36O8/c1-14-22(29-13-15-5-7-16(26-2)8-6-15)20(12-21(27-3)28-4)30-19-11-17(25)18(9-10-24)31-23(14)19/h5-8,14,17-25H,9-13H2,1-4H3/t14-,17-,18-,19+,20+,22-,23+/m1/s1. The molecule has 0 amide bonds. The summed E-state index contributed by atoms with van der Waals surface area (Å²) < 4.78 is 34.9. The van der Waals surface area contributed by atoms with E-state index in [1.165, 1.54) is 0 Å². The first kappa shape index (κ1) is 24.4. The summed E-state index contributed by atoms with van der Waals surface area (Å²) in [5.41, 5.74) is 1.03. The highest BCUT2D eigenvalue weighted by Crippen LogP contribution is 2.39. The second kappa shape index (κ2) is 11.6. The van der Waals surface area contributed by atoms with Crippen molar-refractivity contribution in [3.05, 3.63) is 29.8 Å². The molecule has 1 aromatic rings. The summed E-state index contributed by atoms with van der Waals surface area (Å²) in [7, 11) is 4.84. The molecule has 2 aliphatic rings. The molecule has 0 spiro atoms. The Morgan fingerprint density at radius 2 is 1.77 bits per heavy atom. The Kier molecular flexibility index (Phi) is 9.09. The van der Waals surface area contributed by atoms with E-state index in [1.54, 1.807) is 21.3 Å². The van der Waals surface area contributed by atoms with E-state index in [9.17, 15) is 10.2 Å². The molecule has 8 heteroatoms. The Labute approximate surface area is 184 Å². The minimum absolute atomic E-state index is 0.0186. The van der Waals surface area contributed by atoms with Gasteiger partial charge < -0.3 is 38.6 Å². The Morgan fingerprint density at radius 1 is 1.06 bits per heavy atom. The molecule has 0 saturated carbocycles. The van der Waals surface area contributed by atoms with Crippen LogP contribution in [-0.4, -0.2) is 81.1 Å². The summed E-state index contributed by atoms with van der Waals surface area (Å²) in [6.45, 7) is 2.48. The van der Waals surface area contributed by atoms with Gasteiger partial charge in [-0.1, -0.05) is 19.1 Å². The van der Waals surface area contributed by atoms with Gasteiger partial charge in [-0.25, -0.2) is 0 Å². The number of hydrogen-bond donors (Lipinski definition) is 2. The van der Waals surface area contributed by atoms with E-state index in [0.29, 0.717) is 25.9 Å². The van der Waals surface area contributed by atoms with Gasteiger partial charge in [0.15, 0.2) is 6.29 Å². The summed E-state index contributed by atoms with van der Waals surface area (Å²) in [5.74, 6) is 0.816. The van der Waals surface area contributed by atoms with Crippen molar-refractivity contribution in [2.24, 2.45) is 5.92 Å². The molecule has 0 bridgehead atoms. The molecule has 3 rings (SSSR count). The lowest BCUT2D eigenvalue weighted by atomic mass is 9.81. The van der Waals surface area contributed by atoms with E-state index >= 15 is 0 Å². The molecule has 0 unspecified atom stereocenters. The van der Waals surface area contributed by atoms with Gasteiger partial charge in [0, 0.05) is 39.6 Å². The van der Waals surface area contributed by atoms with E-state index in [-0.39, 0.29) is 36.9 Å². The highest BCUT2D eigenvalue weighted by Gasteiger charge is 2.50. The fraction of sp³-hybridized carbons (Fsp3) is 0.739. The van der Waals surface area contributed by atoms with Crippen LogP contribution in [0.25, 0.3) is 0 Å². The average molecular weight is 441 g/mol. The molecule has 0 aromatic heterocycles. The predicted octanol–water partition coefficient (Wildman–Crippen LogP) is 1.89. The second-order valence-corrected chi connectivity index (χ2v) is 8.29. The van der Waals surface area contributed by atoms with Crippen molar-refractivity contribution in [3.8, 4) is 5.75 Å². The number of hydrogen-bond acceptors (Lipinski definition) is 8. The highest BCUT2D eigenvalue weighted by atomic mass is 16.7. The lowest BCUT2D eigenvalue weighted by Crippen LogP contribution is -2.61. The zero-order valence-electron chi connectivity index (χ0n) is 18.8. The van der Waals surface area contributed by atoms with Crippen LogP contribution in [0, 0.1) is 5.92 Å². The van der Waals surface area contributed by atoms with Crippen molar-refractivity contribution in [1.82, 2.24) is 0 Å². The molecule has 7 atom stereocenters. The van der Waals surface area contributed by atoms with E-state index in [2.05, 4.69) is 6.92 Å². The maximum atomic E-state index is 10.4. The zero-order valence-corrected chi connectivity index (χ0v) is 18.8. The summed E-state index contributed by atoms with van der Waals surface area (Å²) >= 11 is 0. The molecule has 1 aromatic carbocycles. The van der Waals surface area contributed by atoms with Gasteiger partial charge >= 0.3 is 0 Å². The molecular formula is C23H36O8. The maximum Gasteiger partial charge on any atom is 0.159 e. The molecule has 31 heavy (non-hydrogen) atoms. The Bertz CT molecular complexity index is 649. The molecule has 2 saturated heterocycles. The molecule has 0 radical (unpaired) electrons. The van der Waals surface area contributed by atoms with Gasteiger partial charge in [0.2, 0.25) is 0 Å². The number of ether oxygens (including phenoxy) is 6. The van der Waals surface area contributed by atoms with Crippen molar-refractivity contribution in [2.75, 3.05) is 27.9 Å². The van der Waals surface area contributed by atoms with Crippen LogP contribution in [0.3, 0.4) is 0 Å². The zero-order chi connectivity index (χ0) is 22.4. The fourth-order valence-corrected chi connectivity index (χ4v) is 4.56. The van der Waals surface area contributed by atoms with Crippen molar-refractivity contribution < 1.29 is 38.6 Å². The van der Waals surface area contributed by atoms with Crippen molar-refractivity contribution in [3.63, 3.8) is 0 Å². The van der Waals surface area contributed by atoms with Gasteiger partial charge in [0.25, 0.3) is 0 Å². The smallest absolute Gasteiger partial charge is 0.159 e. The van der Waals surface area contributed by atoms with Crippen LogP contribution in [0.4, 0.5) is 0 Å². The topological polar surface area (TPSA) is 95.8 Å². The Hall–Kier alpha value is -1.26. The molecule has 0 aliphatic carbocycles. The molecular weight excluding hydrogens is 404 g/mol. The number of methoxy groups -OCH3 is 3. The first-order valence-corrected chi connectivity index (χ1v) is 10.9. The predicted molar refractivity (Wildman–Crippen MR) is 113 cm³/mol. The van der Waals surface area contributed by atoms with Crippen molar-refractivity contribution in [1.29, 1.82) is 0 Å². The monoisotopic (exact) mass is 440 g/mol. The number of rotatable bonds is 10. The van der Waals surface area contributed by atoms with Crippen LogP contribution in [0.2, 0.25) is 0 Å². The largest absolute Gasteiger partial charge is 0.497 e. The SMILES string of the molecule is COc1ccc(CO[C@@H]2[C@@H](C)[C@@H]3O[C@H](CCO)[C@H](O)C[C@@H]3O[C@H]2CC(OC)OC)cc1. The minimum atomic E-state index is -0.668. The quantitative estimate of drug-likeness (QED) is 0.533. The fourth-order valence-electron chi connectivity index (χ4n) is 4.56. The Balaban J connectivity index is 1.74. The summed E-state index contributed by atoms with van der Waals surface area (Å²) in [4.78, 5) is 0. The van der Waals surface area contributed by atoms with Gasteiger partial charge in [-0.15, -0.1) is 0 Å². The molecule has 2 aliphatic heterocycles. The normalized spacial score (nSPS) is 33.3. The second-order valence-electron chi connectivity index (χ2n) is 8.29. The number of aliphatic hydroxyl groups is 2. The first-order valence-electron chi connectivity index (χ1n) is 10.9. The number of aliphatic hydroxyl groups excluding tert-OH is 2. The third-order valence-corrected chi connectivity index (χ3v) is 6.32. The molecule has 2 heterocycles. The van der Waals surface area contributed by atoms with E-state index in [0.717, 1.165) is 11.3 Å². The minimum Gasteiger partial charge on any atom is -0.497 e. The summed E-state index contributed by atoms with van der Waals surface area (Å²) in [5, 5.41) is 19.7. The van der Waals surface area contributed by atoms with Crippen LogP contribution in [0.5, 0.6) is 5.75 Å². The highest BCUT2D eigenvalue weighted by molar-refractivity contribution is 5.26. The number of benzene rings is 1. The summed E-state index contributed by atoms with van der Waals surface area (Å²) in [6.07, 6.45) is -1.12. The van der Waals surface area contributed by atoms with Crippen LogP contribution < -0.4 is 4.74 Å². The van der Waals surface area contributed by atoms with Crippen LogP contribution in [0.15, 0.2) is 24.3 Å². The maximum absolute atomic E-state index is 10.4. The van der Waals surface area contributed by atoms with Gasteiger partial charge in [0.1, 0.15) is 5.75 Å². The average Bonchev–Trinajstić information content (AvgIpc) is 2.78. The summed E-state index contributed by atoms with van der Waals surface area (Å²) in [6, 6.07) is 7.76.